The Kier molecular flexibility index (Phi) is 1.71. The Bertz CT molecular complexity index is 844. The molecule has 0 saturated heterocycles. The van der Waals surface area contributed by atoms with Gasteiger partial charge in [0.15, 0.2) is 11.5 Å². The van der Waals surface area contributed by atoms with Gasteiger partial charge in [0.2, 0.25) is 0 Å². The maximum Gasteiger partial charge on any atom is 0.181 e. The zero-order valence-corrected chi connectivity index (χ0v) is 9.12. The summed E-state index contributed by atoms with van der Waals surface area (Å²) in [5, 5.41) is 8.52. The molecule has 0 aliphatic carbocycles. The summed E-state index contributed by atoms with van der Waals surface area (Å²) in [6.45, 7) is 0. The quantitative estimate of drug-likeness (QED) is 0.520. The highest BCUT2D eigenvalue weighted by Crippen LogP contribution is 2.21. The fraction of sp³-hybridized carbons (Fsp3) is 0. The molecule has 0 amide bonds. The van der Waals surface area contributed by atoms with E-state index in [-0.39, 0.29) is 0 Å². The molecule has 0 aliphatic heterocycles. The van der Waals surface area contributed by atoms with E-state index in [9.17, 15) is 0 Å². The van der Waals surface area contributed by atoms with E-state index in [0.717, 1.165) is 16.4 Å². The fourth-order valence-corrected chi connectivity index (χ4v) is 1.90. The zero-order valence-electron chi connectivity index (χ0n) is 9.12. The maximum absolute atomic E-state index is 4.44. The zero-order chi connectivity index (χ0) is 11.9. The maximum atomic E-state index is 4.44. The SMILES string of the molecule is c1nc(-c2ncc3cc[nH]c3n2)c2cn[nH]c2n1. The molecule has 0 aromatic carbocycles. The first-order valence-electron chi connectivity index (χ1n) is 5.36. The summed E-state index contributed by atoms with van der Waals surface area (Å²) in [4.78, 5) is 20.1. The van der Waals surface area contributed by atoms with Crippen molar-refractivity contribution in [3.05, 3.63) is 31.0 Å². The molecule has 0 fully saturated rings. The van der Waals surface area contributed by atoms with Gasteiger partial charge in [0.1, 0.15) is 17.7 Å². The van der Waals surface area contributed by atoms with Crippen LogP contribution in [0.25, 0.3) is 33.6 Å². The molecule has 4 aromatic rings. The summed E-state index contributed by atoms with van der Waals surface area (Å²) in [5.41, 5.74) is 2.13. The standard InChI is InChI=1S/C11H7N7/c1-2-12-9-6(1)3-13-11(17-9)8-7-4-16-18-10(7)15-5-14-8/h1-5H,(H,12,13,17)(H,14,15,16,18). The van der Waals surface area contributed by atoms with E-state index >= 15 is 0 Å². The molecule has 2 N–H and O–H groups in total. The number of aromatic nitrogens is 7. The van der Waals surface area contributed by atoms with Crippen molar-refractivity contribution >= 4 is 22.1 Å². The third-order valence-corrected chi connectivity index (χ3v) is 2.76. The lowest BCUT2D eigenvalue weighted by molar-refractivity contribution is 1.09. The number of fused-ring (bicyclic) bond motifs is 2. The molecule has 86 valence electrons. The van der Waals surface area contributed by atoms with Crippen molar-refractivity contribution < 1.29 is 0 Å². The van der Waals surface area contributed by atoms with Gasteiger partial charge in [-0.25, -0.2) is 19.9 Å². The number of aromatic amines is 2. The van der Waals surface area contributed by atoms with Crippen molar-refractivity contribution in [3.8, 4) is 11.5 Å². The summed E-state index contributed by atoms with van der Waals surface area (Å²) >= 11 is 0. The molecule has 4 rings (SSSR count). The van der Waals surface area contributed by atoms with Gasteiger partial charge in [0.25, 0.3) is 0 Å². The van der Waals surface area contributed by atoms with Crippen molar-refractivity contribution in [1.82, 2.24) is 35.1 Å². The van der Waals surface area contributed by atoms with E-state index < -0.39 is 0 Å². The number of hydrogen-bond donors (Lipinski definition) is 2. The first-order chi connectivity index (χ1) is 8.92. The molecule has 0 atom stereocenters. The molecule has 7 nitrogen and oxygen atoms in total. The van der Waals surface area contributed by atoms with Gasteiger partial charge in [0.05, 0.1) is 11.6 Å². The number of nitrogens with zero attached hydrogens (tertiary/aromatic N) is 5. The van der Waals surface area contributed by atoms with Crippen molar-refractivity contribution in [2.45, 2.75) is 0 Å². The van der Waals surface area contributed by atoms with Gasteiger partial charge in [-0.1, -0.05) is 0 Å². The Labute approximate surface area is 100 Å². The van der Waals surface area contributed by atoms with Crippen LogP contribution < -0.4 is 0 Å². The normalized spacial score (nSPS) is 11.3. The highest BCUT2D eigenvalue weighted by atomic mass is 15.1. The number of hydrogen-bond acceptors (Lipinski definition) is 5. The summed E-state index contributed by atoms with van der Waals surface area (Å²) in [6, 6.07) is 1.92. The Balaban J connectivity index is 2.03. The van der Waals surface area contributed by atoms with Gasteiger partial charge in [-0.15, -0.1) is 0 Å². The minimum Gasteiger partial charge on any atom is -0.346 e. The number of rotatable bonds is 1. The van der Waals surface area contributed by atoms with Crippen LogP contribution in [-0.2, 0) is 0 Å². The van der Waals surface area contributed by atoms with Crippen LogP contribution in [0.5, 0.6) is 0 Å². The number of nitrogens with one attached hydrogen (secondary N) is 2. The van der Waals surface area contributed by atoms with Crippen molar-refractivity contribution in [3.63, 3.8) is 0 Å². The Hall–Kier alpha value is -2.83. The topological polar surface area (TPSA) is 96.0 Å². The molecular formula is C11H7N7. The third-order valence-electron chi connectivity index (χ3n) is 2.76. The van der Waals surface area contributed by atoms with Crippen LogP contribution in [0, 0.1) is 0 Å². The van der Waals surface area contributed by atoms with Gasteiger partial charge < -0.3 is 4.98 Å². The highest BCUT2D eigenvalue weighted by Gasteiger charge is 2.11. The van der Waals surface area contributed by atoms with Crippen LogP contribution in [0.1, 0.15) is 0 Å². The molecular weight excluding hydrogens is 230 g/mol. The van der Waals surface area contributed by atoms with Crippen LogP contribution in [0.3, 0.4) is 0 Å². The predicted molar refractivity (Wildman–Crippen MR) is 64.6 cm³/mol. The molecule has 4 heterocycles. The Morgan fingerprint density at radius 1 is 1.00 bits per heavy atom. The summed E-state index contributed by atoms with van der Waals surface area (Å²) in [5.74, 6) is 0.554. The number of H-pyrrole nitrogens is 2. The van der Waals surface area contributed by atoms with E-state index in [4.69, 9.17) is 0 Å². The van der Waals surface area contributed by atoms with E-state index in [1.54, 1.807) is 12.4 Å². The molecule has 7 heteroatoms. The molecule has 0 bridgehead atoms. The molecule has 0 radical (unpaired) electrons. The highest BCUT2D eigenvalue weighted by molar-refractivity contribution is 5.88. The lowest BCUT2D eigenvalue weighted by atomic mass is 10.2. The van der Waals surface area contributed by atoms with Crippen LogP contribution in [0.15, 0.2) is 31.0 Å². The minimum absolute atomic E-state index is 0.554. The van der Waals surface area contributed by atoms with E-state index in [1.807, 2.05) is 12.3 Å². The van der Waals surface area contributed by atoms with Crippen molar-refractivity contribution in [2.75, 3.05) is 0 Å². The smallest absolute Gasteiger partial charge is 0.181 e. The first kappa shape index (κ1) is 9.23. The average molecular weight is 237 g/mol. The molecule has 4 aromatic heterocycles. The average Bonchev–Trinajstić information content (AvgIpc) is 3.05. The lowest BCUT2D eigenvalue weighted by Gasteiger charge is -1.99. The van der Waals surface area contributed by atoms with Crippen molar-refractivity contribution in [1.29, 1.82) is 0 Å². The molecule has 0 spiro atoms. The predicted octanol–water partition coefficient (Wildman–Crippen LogP) is 1.29. The van der Waals surface area contributed by atoms with Crippen molar-refractivity contribution in [2.24, 2.45) is 0 Å². The summed E-state index contributed by atoms with van der Waals surface area (Å²) < 4.78 is 0. The van der Waals surface area contributed by atoms with Gasteiger partial charge >= 0.3 is 0 Å². The Morgan fingerprint density at radius 2 is 2.00 bits per heavy atom. The molecule has 18 heavy (non-hydrogen) atoms. The van der Waals surface area contributed by atoms with E-state index in [1.165, 1.54) is 6.33 Å². The second-order valence-corrected chi connectivity index (χ2v) is 3.83. The van der Waals surface area contributed by atoms with E-state index in [2.05, 4.69) is 35.1 Å². The Morgan fingerprint density at radius 3 is 3.00 bits per heavy atom. The fourth-order valence-electron chi connectivity index (χ4n) is 1.90. The largest absolute Gasteiger partial charge is 0.346 e. The second-order valence-electron chi connectivity index (χ2n) is 3.83. The lowest BCUT2D eigenvalue weighted by Crippen LogP contribution is -1.93. The molecule has 0 unspecified atom stereocenters. The molecule has 0 aliphatic rings. The molecule has 0 saturated carbocycles. The summed E-state index contributed by atoms with van der Waals surface area (Å²) in [7, 11) is 0. The van der Waals surface area contributed by atoms with Crippen LogP contribution in [0.4, 0.5) is 0 Å². The monoisotopic (exact) mass is 237 g/mol. The van der Waals surface area contributed by atoms with Crippen LogP contribution in [-0.4, -0.2) is 35.1 Å². The second kappa shape index (κ2) is 3.33. The van der Waals surface area contributed by atoms with Gasteiger partial charge in [-0.3, -0.25) is 5.10 Å². The van der Waals surface area contributed by atoms with Gasteiger partial charge in [-0.2, -0.15) is 5.10 Å². The van der Waals surface area contributed by atoms with Crippen LogP contribution >= 0.6 is 0 Å². The minimum atomic E-state index is 0.554. The first-order valence-corrected chi connectivity index (χ1v) is 5.36. The van der Waals surface area contributed by atoms with E-state index in [0.29, 0.717) is 17.2 Å². The summed E-state index contributed by atoms with van der Waals surface area (Å²) in [6.07, 6.45) is 6.74. The third kappa shape index (κ3) is 1.21. The van der Waals surface area contributed by atoms with Crippen LogP contribution in [0.2, 0.25) is 0 Å². The van der Waals surface area contributed by atoms with Gasteiger partial charge in [-0.05, 0) is 6.07 Å². The van der Waals surface area contributed by atoms with Gasteiger partial charge in [0, 0.05) is 17.8 Å².